The number of hydrogen-bond donors (Lipinski definition) is 0. The normalized spacial score (nSPS) is 11.4. The molecule has 4 aromatic heterocycles. The number of thioether (sulfide) groups is 1. The van der Waals surface area contributed by atoms with Gasteiger partial charge in [0.1, 0.15) is 5.58 Å². The lowest BCUT2D eigenvalue weighted by atomic mass is 10.1. The molecule has 0 amide bonds. The molecule has 0 spiro atoms. The molecule has 0 aliphatic rings. The van der Waals surface area contributed by atoms with Crippen LogP contribution in [0.4, 0.5) is 0 Å². The Morgan fingerprint density at radius 1 is 1.19 bits per heavy atom. The minimum absolute atomic E-state index is 0.373. The summed E-state index contributed by atoms with van der Waals surface area (Å²) in [6.45, 7) is 0. The summed E-state index contributed by atoms with van der Waals surface area (Å²) in [5, 5.41) is 2.76. The number of aromatic nitrogens is 4. The van der Waals surface area contributed by atoms with Gasteiger partial charge in [-0.1, -0.05) is 30.0 Å². The van der Waals surface area contributed by atoms with E-state index in [1.165, 1.54) is 11.3 Å². The molecule has 27 heavy (non-hydrogen) atoms. The number of benzene rings is 1. The number of para-hydroxylation sites is 1. The zero-order valence-corrected chi connectivity index (χ0v) is 15.5. The second-order valence-electron chi connectivity index (χ2n) is 5.83. The van der Waals surface area contributed by atoms with Crippen molar-refractivity contribution >= 4 is 39.8 Å². The van der Waals surface area contributed by atoms with Crippen molar-refractivity contribution < 1.29 is 4.42 Å². The minimum Gasteiger partial charge on any atom is -0.422 e. The minimum atomic E-state index is -0.373. The van der Waals surface area contributed by atoms with Gasteiger partial charge in [0, 0.05) is 35.1 Å². The number of imidazole rings is 1. The maximum atomic E-state index is 12.3. The topological polar surface area (TPSA) is 73.3 Å². The van der Waals surface area contributed by atoms with Crippen molar-refractivity contribution in [2.75, 3.05) is 0 Å². The van der Waals surface area contributed by atoms with Crippen LogP contribution in [0.15, 0.2) is 73.9 Å². The molecule has 0 unspecified atom stereocenters. The predicted molar refractivity (Wildman–Crippen MR) is 106 cm³/mol. The highest BCUT2D eigenvalue weighted by molar-refractivity contribution is 8.00. The quantitative estimate of drug-likeness (QED) is 0.336. The van der Waals surface area contributed by atoms with Gasteiger partial charge < -0.3 is 4.42 Å². The van der Waals surface area contributed by atoms with Gasteiger partial charge in [-0.3, -0.25) is 4.40 Å². The Hall–Kier alpha value is -2.97. The van der Waals surface area contributed by atoms with Gasteiger partial charge in [0.2, 0.25) is 5.78 Å². The highest BCUT2D eigenvalue weighted by Gasteiger charge is 2.12. The lowest BCUT2D eigenvalue weighted by Gasteiger charge is -1.99. The third-order valence-corrected chi connectivity index (χ3v) is 6.08. The fraction of sp³-hybridized carbons (Fsp3) is 0.0526. The summed E-state index contributed by atoms with van der Waals surface area (Å²) in [5.41, 5.74) is 2.26. The van der Waals surface area contributed by atoms with Gasteiger partial charge in [0.05, 0.1) is 17.0 Å². The first kappa shape index (κ1) is 16.2. The van der Waals surface area contributed by atoms with Crippen molar-refractivity contribution in [1.29, 1.82) is 0 Å². The molecule has 8 heteroatoms. The molecule has 6 nitrogen and oxygen atoms in total. The molecule has 0 atom stereocenters. The molecule has 0 aliphatic heterocycles. The first-order chi connectivity index (χ1) is 13.3. The summed E-state index contributed by atoms with van der Waals surface area (Å²) < 4.78 is 8.17. The molecule has 0 aliphatic carbocycles. The van der Waals surface area contributed by atoms with E-state index in [2.05, 4.69) is 15.0 Å². The summed E-state index contributed by atoms with van der Waals surface area (Å²) in [6, 6.07) is 11.2. The molecular formula is C19H12N4O2S2. The highest BCUT2D eigenvalue weighted by atomic mass is 32.2. The zero-order valence-electron chi connectivity index (χ0n) is 13.9. The van der Waals surface area contributed by atoms with Crippen LogP contribution in [0.5, 0.6) is 0 Å². The van der Waals surface area contributed by atoms with Crippen LogP contribution in [0.2, 0.25) is 0 Å². The molecule has 0 N–H and O–H groups in total. The van der Waals surface area contributed by atoms with E-state index in [0.717, 1.165) is 15.4 Å². The van der Waals surface area contributed by atoms with Crippen molar-refractivity contribution in [3.8, 4) is 11.3 Å². The van der Waals surface area contributed by atoms with E-state index in [9.17, 15) is 4.79 Å². The van der Waals surface area contributed by atoms with Gasteiger partial charge in [-0.25, -0.2) is 19.7 Å². The number of rotatable bonds is 4. The van der Waals surface area contributed by atoms with Gasteiger partial charge in [-0.15, -0.1) is 11.3 Å². The maximum Gasteiger partial charge on any atom is 0.345 e. The fourth-order valence-corrected chi connectivity index (χ4v) is 4.48. The largest absolute Gasteiger partial charge is 0.422 e. The van der Waals surface area contributed by atoms with E-state index in [-0.39, 0.29) is 5.63 Å². The van der Waals surface area contributed by atoms with Gasteiger partial charge >= 0.3 is 5.63 Å². The highest BCUT2D eigenvalue weighted by Crippen LogP contribution is 2.30. The van der Waals surface area contributed by atoms with E-state index in [1.807, 2.05) is 52.5 Å². The molecule has 0 saturated heterocycles. The van der Waals surface area contributed by atoms with E-state index >= 15 is 0 Å². The molecule has 0 radical (unpaired) electrons. The summed E-state index contributed by atoms with van der Waals surface area (Å²) >= 11 is 3.09. The van der Waals surface area contributed by atoms with Crippen LogP contribution in [0, 0.1) is 0 Å². The monoisotopic (exact) mass is 392 g/mol. The lowest BCUT2D eigenvalue weighted by molar-refractivity contribution is 0.563. The molecule has 132 valence electrons. The number of nitrogens with zero attached hydrogens (tertiary/aromatic N) is 4. The molecular weight excluding hydrogens is 380 g/mol. The maximum absolute atomic E-state index is 12.3. The van der Waals surface area contributed by atoms with Crippen LogP contribution in [0.3, 0.4) is 0 Å². The average molecular weight is 392 g/mol. The van der Waals surface area contributed by atoms with Crippen LogP contribution in [0.25, 0.3) is 28.0 Å². The Bertz CT molecular complexity index is 1290. The third kappa shape index (κ3) is 3.13. The first-order valence-electron chi connectivity index (χ1n) is 8.16. The number of fused-ring (bicyclic) bond motifs is 2. The predicted octanol–water partition coefficient (Wildman–Crippen LogP) is 4.25. The van der Waals surface area contributed by atoms with Gasteiger partial charge in [0.15, 0.2) is 4.34 Å². The Kier molecular flexibility index (Phi) is 3.99. The molecule has 4 heterocycles. The number of thiazole rings is 1. The molecule has 1 aromatic carbocycles. The van der Waals surface area contributed by atoms with Crippen molar-refractivity contribution in [3.63, 3.8) is 0 Å². The average Bonchev–Trinajstić information content (AvgIpc) is 3.32. The third-order valence-electron chi connectivity index (χ3n) is 4.03. The smallest absolute Gasteiger partial charge is 0.345 e. The Morgan fingerprint density at radius 2 is 2.11 bits per heavy atom. The van der Waals surface area contributed by atoms with E-state index in [4.69, 9.17) is 4.42 Å². The molecule has 0 bridgehead atoms. The lowest BCUT2D eigenvalue weighted by Crippen LogP contribution is -2.02. The second kappa shape index (κ2) is 6.64. The SMILES string of the molecule is O=c1oc2ccccc2cc1-c1csc(SCc2cn3cccnc3n2)n1. The Morgan fingerprint density at radius 3 is 3.04 bits per heavy atom. The van der Waals surface area contributed by atoms with Crippen molar-refractivity contribution in [2.45, 2.75) is 10.1 Å². The van der Waals surface area contributed by atoms with E-state index in [0.29, 0.717) is 28.4 Å². The molecule has 5 aromatic rings. The second-order valence-corrected chi connectivity index (χ2v) is 7.91. The van der Waals surface area contributed by atoms with E-state index in [1.54, 1.807) is 24.0 Å². The fourth-order valence-electron chi connectivity index (χ4n) is 2.77. The Labute approximate surface area is 161 Å². The van der Waals surface area contributed by atoms with Crippen molar-refractivity contribution in [2.24, 2.45) is 0 Å². The van der Waals surface area contributed by atoms with Crippen molar-refractivity contribution in [1.82, 2.24) is 19.4 Å². The molecule has 5 rings (SSSR count). The van der Waals surface area contributed by atoms with Gasteiger partial charge in [0.25, 0.3) is 0 Å². The summed E-state index contributed by atoms with van der Waals surface area (Å²) in [4.78, 5) is 25.6. The van der Waals surface area contributed by atoms with Crippen LogP contribution >= 0.6 is 23.1 Å². The van der Waals surface area contributed by atoms with Crippen LogP contribution < -0.4 is 5.63 Å². The van der Waals surface area contributed by atoms with Crippen LogP contribution in [-0.4, -0.2) is 19.4 Å². The first-order valence-corrected chi connectivity index (χ1v) is 10.0. The van der Waals surface area contributed by atoms with E-state index < -0.39 is 0 Å². The molecule has 0 saturated carbocycles. The summed E-state index contributed by atoms with van der Waals surface area (Å²) in [7, 11) is 0. The summed E-state index contributed by atoms with van der Waals surface area (Å²) in [6.07, 6.45) is 5.60. The standard InChI is InChI=1S/C19H12N4O2S2/c24-17-14(8-12-4-1-2-5-16(12)25-17)15-11-27-19(22-15)26-10-13-9-23-7-3-6-20-18(23)21-13/h1-9,11H,10H2. The number of hydrogen-bond acceptors (Lipinski definition) is 7. The van der Waals surface area contributed by atoms with Crippen LogP contribution in [0.1, 0.15) is 5.69 Å². The van der Waals surface area contributed by atoms with Crippen molar-refractivity contribution in [3.05, 3.63) is 76.5 Å². The van der Waals surface area contributed by atoms with Gasteiger partial charge in [-0.2, -0.15) is 0 Å². The molecule has 0 fully saturated rings. The van der Waals surface area contributed by atoms with Gasteiger partial charge in [-0.05, 0) is 18.2 Å². The Balaban J connectivity index is 1.39. The van der Waals surface area contributed by atoms with Crippen LogP contribution in [-0.2, 0) is 5.75 Å². The zero-order chi connectivity index (χ0) is 18.2. The summed E-state index contributed by atoms with van der Waals surface area (Å²) in [5.74, 6) is 1.37.